The molecule has 0 bridgehead atoms. The second-order valence-electron chi connectivity index (χ2n) is 10.9. The molecule has 2 unspecified atom stereocenters. The Hall–Kier alpha value is -3.20. The number of rotatable bonds is 11. The first kappa shape index (κ1) is 30.3. The zero-order valence-corrected chi connectivity index (χ0v) is 24.8. The summed E-state index contributed by atoms with van der Waals surface area (Å²) in [5.41, 5.74) is 2.65. The third-order valence-electron chi connectivity index (χ3n) is 6.40. The fourth-order valence-corrected chi connectivity index (χ4v) is 4.90. The Labute approximate surface area is 236 Å². The van der Waals surface area contributed by atoms with Crippen molar-refractivity contribution in [2.24, 2.45) is 0 Å². The number of alkyl carbamates (subject to hydrolysis) is 1. The fourth-order valence-electron chi connectivity index (χ4n) is 4.43. The van der Waals surface area contributed by atoms with E-state index < -0.39 is 23.8 Å². The maximum atomic E-state index is 14.2. The summed E-state index contributed by atoms with van der Waals surface area (Å²) in [6.45, 7) is 9.29. The standard InChI is InChI=1S/C30H41N3O5S/c1-19-8-15-24(20(2)18-19)26(27(34)31-21-9-13-23(37-6)14-10-21)33(22-11-12-22)28(35)25(16-17-39-7)32-29(36)38-30(3,4)5/h8-10,13-15,18,22,25-26H,11-12,16-17H2,1-7H3,(H,31,34)(H,32,36). The molecule has 2 aromatic rings. The van der Waals surface area contributed by atoms with E-state index in [0.717, 1.165) is 29.5 Å². The molecule has 3 rings (SSSR count). The molecular weight excluding hydrogens is 514 g/mol. The molecule has 1 aliphatic rings. The van der Waals surface area contributed by atoms with Gasteiger partial charge in [-0.15, -0.1) is 0 Å². The van der Waals surface area contributed by atoms with Gasteiger partial charge in [-0.1, -0.05) is 23.8 Å². The number of nitrogens with zero attached hydrogens (tertiary/aromatic N) is 1. The van der Waals surface area contributed by atoms with E-state index in [9.17, 15) is 14.4 Å². The molecule has 1 aliphatic carbocycles. The summed E-state index contributed by atoms with van der Waals surface area (Å²) < 4.78 is 10.7. The Morgan fingerprint density at radius 2 is 1.74 bits per heavy atom. The number of anilines is 1. The molecule has 0 radical (unpaired) electrons. The molecule has 2 atom stereocenters. The van der Waals surface area contributed by atoms with Gasteiger partial charge in [-0.25, -0.2) is 4.79 Å². The van der Waals surface area contributed by atoms with Gasteiger partial charge < -0.3 is 25.0 Å². The minimum absolute atomic E-state index is 0.0953. The van der Waals surface area contributed by atoms with E-state index in [1.165, 1.54) is 0 Å². The van der Waals surface area contributed by atoms with Crippen LogP contribution in [0.1, 0.15) is 62.8 Å². The van der Waals surface area contributed by atoms with Crippen LogP contribution in [0.5, 0.6) is 5.75 Å². The van der Waals surface area contributed by atoms with Crippen LogP contribution < -0.4 is 15.4 Å². The first-order valence-corrected chi connectivity index (χ1v) is 14.7. The Kier molecular flexibility index (Phi) is 10.3. The smallest absolute Gasteiger partial charge is 0.408 e. The van der Waals surface area contributed by atoms with Gasteiger partial charge in [0.15, 0.2) is 0 Å². The van der Waals surface area contributed by atoms with Gasteiger partial charge in [-0.05, 0) is 101 Å². The molecule has 0 spiro atoms. The molecule has 0 heterocycles. The second kappa shape index (κ2) is 13.2. The topological polar surface area (TPSA) is 97.0 Å². The molecule has 0 aromatic heterocycles. The molecule has 8 nitrogen and oxygen atoms in total. The molecule has 9 heteroatoms. The monoisotopic (exact) mass is 555 g/mol. The van der Waals surface area contributed by atoms with Crippen LogP contribution in [0.25, 0.3) is 0 Å². The highest BCUT2D eigenvalue weighted by atomic mass is 32.2. The number of hydrogen-bond acceptors (Lipinski definition) is 6. The zero-order chi connectivity index (χ0) is 28.7. The van der Waals surface area contributed by atoms with Crippen LogP contribution in [0.4, 0.5) is 10.5 Å². The SMILES string of the molecule is COc1ccc(NC(=O)C(c2ccc(C)cc2C)N(C(=O)C(CCSC)NC(=O)OC(C)(C)C)C2CC2)cc1. The van der Waals surface area contributed by atoms with E-state index in [4.69, 9.17) is 9.47 Å². The van der Waals surface area contributed by atoms with Gasteiger partial charge in [-0.3, -0.25) is 9.59 Å². The van der Waals surface area contributed by atoms with E-state index in [-0.39, 0.29) is 17.9 Å². The van der Waals surface area contributed by atoms with Crippen LogP contribution in [-0.2, 0) is 14.3 Å². The molecule has 0 saturated heterocycles. The summed E-state index contributed by atoms with van der Waals surface area (Å²) in [5.74, 6) is 0.746. The van der Waals surface area contributed by atoms with Gasteiger partial charge in [0, 0.05) is 11.7 Å². The molecule has 212 valence electrons. The number of carbonyl (C=O) groups is 3. The number of amides is 3. The lowest BCUT2D eigenvalue weighted by atomic mass is 9.96. The number of ether oxygens (including phenoxy) is 2. The van der Waals surface area contributed by atoms with E-state index in [1.807, 2.05) is 38.3 Å². The lowest BCUT2D eigenvalue weighted by Gasteiger charge is -2.35. The normalized spacial score (nSPS) is 14.6. The molecule has 0 aliphatic heterocycles. The number of nitrogens with one attached hydrogen (secondary N) is 2. The number of hydrogen-bond donors (Lipinski definition) is 2. The lowest BCUT2D eigenvalue weighted by Crippen LogP contribution is -2.53. The first-order chi connectivity index (χ1) is 18.4. The number of carbonyl (C=O) groups excluding carboxylic acids is 3. The minimum atomic E-state index is -0.870. The summed E-state index contributed by atoms with van der Waals surface area (Å²) in [7, 11) is 1.59. The summed E-state index contributed by atoms with van der Waals surface area (Å²) >= 11 is 1.59. The van der Waals surface area contributed by atoms with Crippen molar-refractivity contribution in [3.63, 3.8) is 0 Å². The molecule has 3 amide bonds. The maximum Gasteiger partial charge on any atom is 0.408 e. The van der Waals surface area contributed by atoms with Crippen molar-refractivity contribution in [1.29, 1.82) is 0 Å². The average molecular weight is 556 g/mol. The van der Waals surface area contributed by atoms with E-state index >= 15 is 0 Å². The number of benzene rings is 2. The Morgan fingerprint density at radius 1 is 1.08 bits per heavy atom. The molecule has 1 saturated carbocycles. The third kappa shape index (κ3) is 8.65. The van der Waals surface area contributed by atoms with E-state index in [1.54, 1.807) is 68.8 Å². The van der Waals surface area contributed by atoms with Gasteiger partial charge >= 0.3 is 6.09 Å². The van der Waals surface area contributed by atoms with Gasteiger partial charge in [0.25, 0.3) is 5.91 Å². The lowest BCUT2D eigenvalue weighted by molar-refractivity contribution is -0.141. The quantitative estimate of drug-likeness (QED) is 0.373. The maximum absolute atomic E-state index is 14.2. The summed E-state index contributed by atoms with van der Waals surface area (Å²) in [6.07, 6.45) is 3.31. The Bertz CT molecular complexity index is 1160. The van der Waals surface area contributed by atoms with Gasteiger partial charge in [0.2, 0.25) is 5.91 Å². The van der Waals surface area contributed by atoms with Crippen LogP contribution in [-0.4, -0.2) is 59.6 Å². The van der Waals surface area contributed by atoms with Crippen LogP contribution in [0.15, 0.2) is 42.5 Å². The van der Waals surface area contributed by atoms with Crippen molar-refractivity contribution in [2.45, 2.75) is 77.6 Å². The average Bonchev–Trinajstić information content (AvgIpc) is 3.69. The van der Waals surface area contributed by atoms with E-state index in [2.05, 4.69) is 10.6 Å². The highest BCUT2D eigenvalue weighted by Gasteiger charge is 2.44. The molecule has 2 N–H and O–H groups in total. The van der Waals surface area contributed by atoms with Crippen molar-refractivity contribution in [2.75, 3.05) is 24.4 Å². The second-order valence-corrected chi connectivity index (χ2v) is 11.9. The van der Waals surface area contributed by atoms with Crippen molar-refractivity contribution in [3.8, 4) is 5.75 Å². The zero-order valence-electron chi connectivity index (χ0n) is 24.0. The van der Waals surface area contributed by atoms with Crippen molar-refractivity contribution < 1.29 is 23.9 Å². The number of aryl methyl sites for hydroxylation is 2. The van der Waals surface area contributed by atoms with Crippen molar-refractivity contribution >= 4 is 35.4 Å². The number of methoxy groups -OCH3 is 1. The Balaban J connectivity index is 1.99. The van der Waals surface area contributed by atoms with Crippen LogP contribution >= 0.6 is 11.8 Å². The third-order valence-corrected chi connectivity index (χ3v) is 7.04. The molecule has 1 fully saturated rings. The van der Waals surface area contributed by atoms with Gasteiger partial charge in [0.1, 0.15) is 23.4 Å². The number of thioether (sulfide) groups is 1. The summed E-state index contributed by atoms with van der Waals surface area (Å²) in [6, 6.07) is 11.2. The van der Waals surface area contributed by atoms with Gasteiger partial charge in [-0.2, -0.15) is 11.8 Å². The summed E-state index contributed by atoms with van der Waals surface area (Å²) in [5, 5.41) is 5.79. The molecule has 39 heavy (non-hydrogen) atoms. The van der Waals surface area contributed by atoms with Crippen LogP contribution in [0.3, 0.4) is 0 Å². The van der Waals surface area contributed by atoms with Gasteiger partial charge in [0.05, 0.1) is 7.11 Å². The van der Waals surface area contributed by atoms with Crippen LogP contribution in [0, 0.1) is 13.8 Å². The Morgan fingerprint density at radius 3 is 2.28 bits per heavy atom. The molecule has 2 aromatic carbocycles. The largest absolute Gasteiger partial charge is 0.497 e. The fraction of sp³-hybridized carbons (Fsp3) is 0.500. The summed E-state index contributed by atoms with van der Waals surface area (Å²) in [4.78, 5) is 42.6. The first-order valence-electron chi connectivity index (χ1n) is 13.3. The minimum Gasteiger partial charge on any atom is -0.497 e. The van der Waals surface area contributed by atoms with Crippen molar-refractivity contribution in [1.82, 2.24) is 10.2 Å². The van der Waals surface area contributed by atoms with Crippen LogP contribution in [0.2, 0.25) is 0 Å². The van der Waals surface area contributed by atoms with Crippen molar-refractivity contribution in [3.05, 3.63) is 59.2 Å². The highest BCUT2D eigenvalue weighted by Crippen LogP contribution is 2.37. The molecular formula is C30H41N3O5S. The van der Waals surface area contributed by atoms with E-state index in [0.29, 0.717) is 23.6 Å². The highest BCUT2D eigenvalue weighted by molar-refractivity contribution is 7.98. The predicted octanol–water partition coefficient (Wildman–Crippen LogP) is 5.63. The predicted molar refractivity (Wildman–Crippen MR) is 156 cm³/mol.